The summed E-state index contributed by atoms with van der Waals surface area (Å²) in [4.78, 5) is 14.5. The number of hydrogen-bond donors (Lipinski definition) is 1. The molecule has 0 fully saturated rings. The summed E-state index contributed by atoms with van der Waals surface area (Å²) >= 11 is 4.65. The fourth-order valence-corrected chi connectivity index (χ4v) is 3.65. The molecule has 0 aliphatic heterocycles. The minimum absolute atomic E-state index is 0.0726. The summed E-state index contributed by atoms with van der Waals surface area (Å²) in [6.07, 6.45) is 0.574. The molecular formula is C18H21BrN2O4S. The van der Waals surface area contributed by atoms with Gasteiger partial charge in [-0.15, -0.1) is 0 Å². The lowest BCUT2D eigenvalue weighted by Gasteiger charge is -2.16. The quantitative estimate of drug-likeness (QED) is 0.355. The van der Waals surface area contributed by atoms with Gasteiger partial charge in [-0.25, -0.2) is 0 Å². The summed E-state index contributed by atoms with van der Waals surface area (Å²) < 4.78 is 6.32. The number of ether oxygens (including phenoxy) is 1. The van der Waals surface area contributed by atoms with E-state index in [2.05, 4.69) is 15.9 Å². The molecule has 6 nitrogen and oxygen atoms in total. The smallest absolute Gasteiger partial charge is 0.284 e. The van der Waals surface area contributed by atoms with Gasteiger partial charge in [-0.05, 0) is 50.0 Å². The van der Waals surface area contributed by atoms with E-state index in [9.17, 15) is 10.1 Å². The van der Waals surface area contributed by atoms with E-state index in [1.165, 1.54) is 17.8 Å². The molecule has 0 aromatic heterocycles. The van der Waals surface area contributed by atoms with Crippen molar-refractivity contribution in [2.45, 2.75) is 22.8 Å². The molecule has 1 N–H and O–H groups in total. The summed E-state index contributed by atoms with van der Waals surface area (Å²) in [6.45, 7) is 1.22. The van der Waals surface area contributed by atoms with E-state index >= 15 is 0 Å². The lowest BCUT2D eigenvalue weighted by atomic mass is 10.2. The van der Waals surface area contributed by atoms with Gasteiger partial charge in [0.1, 0.15) is 5.75 Å². The molecule has 2 aromatic rings. The van der Waals surface area contributed by atoms with Gasteiger partial charge in [0.05, 0.1) is 16.4 Å². The molecule has 0 radical (unpaired) electrons. The van der Waals surface area contributed by atoms with Gasteiger partial charge in [-0.2, -0.15) is 0 Å². The Labute approximate surface area is 165 Å². The van der Waals surface area contributed by atoms with E-state index in [1.807, 2.05) is 37.2 Å². The zero-order valence-electron chi connectivity index (χ0n) is 14.6. The molecule has 0 saturated carbocycles. The van der Waals surface area contributed by atoms with Crippen molar-refractivity contribution in [3.8, 4) is 5.75 Å². The number of hydrogen-bond acceptors (Lipinski definition) is 6. The third-order valence-corrected chi connectivity index (χ3v) is 5.10. The normalized spacial score (nSPS) is 11.0. The molecule has 26 heavy (non-hydrogen) atoms. The molecule has 2 rings (SSSR count). The number of halogens is 1. The minimum Gasteiger partial charge on any atom is -0.493 e. The predicted octanol–water partition coefficient (Wildman–Crippen LogP) is 4.33. The average Bonchev–Trinajstić information content (AvgIpc) is 2.58. The Morgan fingerprint density at radius 3 is 2.62 bits per heavy atom. The van der Waals surface area contributed by atoms with E-state index in [1.54, 1.807) is 12.1 Å². The van der Waals surface area contributed by atoms with Crippen LogP contribution in [-0.2, 0) is 6.54 Å². The highest BCUT2D eigenvalue weighted by molar-refractivity contribution is 9.10. The Morgan fingerprint density at radius 1 is 1.23 bits per heavy atom. The van der Waals surface area contributed by atoms with Crippen molar-refractivity contribution >= 4 is 33.4 Å². The van der Waals surface area contributed by atoms with E-state index in [4.69, 9.17) is 9.84 Å². The molecule has 0 spiro atoms. The summed E-state index contributed by atoms with van der Waals surface area (Å²) in [5, 5.41) is 20.2. The average molecular weight is 441 g/mol. The van der Waals surface area contributed by atoms with Crippen LogP contribution in [0.5, 0.6) is 5.75 Å². The van der Waals surface area contributed by atoms with E-state index in [0.717, 1.165) is 16.2 Å². The highest BCUT2D eigenvalue weighted by atomic mass is 79.9. The standard InChI is InChI=1S/C18H21BrN2O4S/c1-20(2)12-13-10-15(25-9-3-8-22)5-7-17(13)26-18-6-4-14(19)11-16(18)21(23)24/h4-7,10-11,22H,3,8-9,12H2,1-2H3. The largest absolute Gasteiger partial charge is 0.493 e. The van der Waals surface area contributed by atoms with Gasteiger partial charge in [0, 0.05) is 35.0 Å². The summed E-state index contributed by atoms with van der Waals surface area (Å²) in [6, 6.07) is 10.8. The highest BCUT2D eigenvalue weighted by Gasteiger charge is 2.17. The van der Waals surface area contributed by atoms with Crippen molar-refractivity contribution < 1.29 is 14.8 Å². The van der Waals surface area contributed by atoms with Gasteiger partial charge in [0.2, 0.25) is 0 Å². The first-order valence-electron chi connectivity index (χ1n) is 8.04. The van der Waals surface area contributed by atoms with Gasteiger partial charge < -0.3 is 14.7 Å². The molecule has 0 bridgehead atoms. The van der Waals surface area contributed by atoms with Gasteiger partial charge >= 0.3 is 0 Å². The number of rotatable bonds is 9. The SMILES string of the molecule is CN(C)Cc1cc(OCCCO)ccc1Sc1ccc(Br)cc1[N+](=O)[O-]. The number of aliphatic hydroxyl groups is 1. The van der Waals surface area contributed by atoms with E-state index in [0.29, 0.717) is 28.9 Å². The van der Waals surface area contributed by atoms with Crippen LogP contribution in [0.2, 0.25) is 0 Å². The van der Waals surface area contributed by atoms with Crippen molar-refractivity contribution in [1.82, 2.24) is 4.90 Å². The van der Waals surface area contributed by atoms with Gasteiger partial charge in [0.25, 0.3) is 5.69 Å². The molecule has 0 heterocycles. The molecule has 140 valence electrons. The monoisotopic (exact) mass is 440 g/mol. The third-order valence-electron chi connectivity index (χ3n) is 3.43. The first-order valence-corrected chi connectivity index (χ1v) is 9.64. The van der Waals surface area contributed by atoms with Crippen LogP contribution in [0, 0.1) is 10.1 Å². The highest BCUT2D eigenvalue weighted by Crippen LogP contribution is 2.39. The maximum absolute atomic E-state index is 11.4. The Hall–Kier alpha value is -1.61. The summed E-state index contributed by atoms with van der Waals surface area (Å²) in [7, 11) is 3.94. The van der Waals surface area contributed by atoms with Crippen LogP contribution < -0.4 is 4.74 Å². The second-order valence-corrected chi connectivity index (χ2v) is 7.90. The third kappa shape index (κ3) is 5.98. The fraction of sp³-hybridized carbons (Fsp3) is 0.333. The van der Waals surface area contributed by atoms with Crippen molar-refractivity contribution in [3.05, 3.63) is 56.5 Å². The maximum atomic E-state index is 11.4. The second kappa shape index (κ2) is 9.91. The summed E-state index contributed by atoms with van der Waals surface area (Å²) in [5.41, 5.74) is 1.10. The van der Waals surface area contributed by atoms with Gasteiger partial charge in [-0.1, -0.05) is 27.7 Å². The molecule has 2 aromatic carbocycles. The number of benzene rings is 2. The number of nitro groups is 1. The molecule has 8 heteroatoms. The maximum Gasteiger partial charge on any atom is 0.284 e. The van der Waals surface area contributed by atoms with Crippen LogP contribution >= 0.6 is 27.7 Å². The number of nitrogens with zero attached hydrogens (tertiary/aromatic N) is 2. The Balaban J connectivity index is 2.31. The van der Waals surface area contributed by atoms with Crippen LogP contribution in [0.15, 0.2) is 50.7 Å². The first kappa shape index (κ1) is 20.7. The second-order valence-electron chi connectivity index (χ2n) is 5.90. The van der Waals surface area contributed by atoms with Crippen molar-refractivity contribution in [2.75, 3.05) is 27.3 Å². The molecule has 0 aliphatic rings. The molecular weight excluding hydrogens is 420 g/mol. The van der Waals surface area contributed by atoms with Gasteiger partial charge in [0.15, 0.2) is 0 Å². The molecule has 0 aliphatic carbocycles. The fourth-order valence-electron chi connectivity index (χ4n) is 2.30. The van der Waals surface area contributed by atoms with Crippen LogP contribution in [-0.4, -0.2) is 42.2 Å². The zero-order chi connectivity index (χ0) is 19.1. The topological polar surface area (TPSA) is 75.8 Å². The predicted molar refractivity (Wildman–Crippen MR) is 106 cm³/mol. The van der Waals surface area contributed by atoms with Crippen molar-refractivity contribution in [3.63, 3.8) is 0 Å². The lowest BCUT2D eigenvalue weighted by Crippen LogP contribution is -2.11. The Bertz CT molecular complexity index is 771. The minimum atomic E-state index is -0.370. The van der Waals surface area contributed by atoms with Crippen LogP contribution in [0.25, 0.3) is 0 Å². The lowest BCUT2D eigenvalue weighted by molar-refractivity contribution is -0.387. The first-order chi connectivity index (χ1) is 12.4. The number of nitro benzene ring substituents is 1. The van der Waals surface area contributed by atoms with Crippen molar-refractivity contribution in [1.29, 1.82) is 0 Å². The molecule has 0 saturated heterocycles. The summed E-state index contributed by atoms with van der Waals surface area (Å²) in [5.74, 6) is 0.727. The van der Waals surface area contributed by atoms with Crippen LogP contribution in [0.4, 0.5) is 5.69 Å². The molecule has 0 atom stereocenters. The number of aliphatic hydroxyl groups excluding tert-OH is 1. The van der Waals surface area contributed by atoms with Crippen LogP contribution in [0.3, 0.4) is 0 Å². The molecule has 0 amide bonds. The molecule has 0 unspecified atom stereocenters. The van der Waals surface area contributed by atoms with Gasteiger partial charge in [-0.3, -0.25) is 10.1 Å². The zero-order valence-corrected chi connectivity index (χ0v) is 17.0. The Morgan fingerprint density at radius 2 is 1.96 bits per heavy atom. The van der Waals surface area contributed by atoms with E-state index in [-0.39, 0.29) is 17.2 Å². The van der Waals surface area contributed by atoms with Crippen molar-refractivity contribution in [2.24, 2.45) is 0 Å². The Kier molecular flexibility index (Phi) is 7.89. The van der Waals surface area contributed by atoms with Crippen LogP contribution in [0.1, 0.15) is 12.0 Å². The van der Waals surface area contributed by atoms with E-state index < -0.39 is 0 Å².